The number of hydrogen-bond acceptors (Lipinski definition) is 7. The van der Waals surface area contributed by atoms with Crippen LogP contribution in [0.2, 0.25) is 5.02 Å². The Kier molecular flexibility index (Phi) is 7.96. The molecular weight excluding hydrogens is 598 g/mol. The fourth-order valence-electron chi connectivity index (χ4n) is 8.17. The Morgan fingerprint density at radius 3 is 2.66 bits per heavy atom. The number of hydrogen-bond donors (Lipinski definition) is 2. The van der Waals surface area contributed by atoms with E-state index in [-0.39, 0.29) is 16.4 Å². The summed E-state index contributed by atoms with van der Waals surface area (Å²) in [6.07, 6.45) is 11.6. The maximum absolute atomic E-state index is 13.7. The van der Waals surface area contributed by atoms with E-state index in [1.807, 2.05) is 6.07 Å². The summed E-state index contributed by atoms with van der Waals surface area (Å²) in [5.41, 5.74) is 2.31. The van der Waals surface area contributed by atoms with Crippen LogP contribution in [0.1, 0.15) is 56.1 Å². The van der Waals surface area contributed by atoms with Crippen molar-refractivity contribution in [2.24, 2.45) is 17.3 Å². The van der Waals surface area contributed by atoms with Crippen LogP contribution in [-0.2, 0) is 31.4 Å². The first kappa shape index (κ1) is 30.1. The van der Waals surface area contributed by atoms with E-state index < -0.39 is 21.3 Å². The first-order valence-corrected chi connectivity index (χ1v) is 17.9. The molecule has 4 atom stereocenters. The molecule has 2 aromatic rings. The molecule has 0 aromatic heterocycles. The number of methoxy groups -OCH3 is 1. The van der Waals surface area contributed by atoms with E-state index in [0.29, 0.717) is 56.7 Å². The van der Waals surface area contributed by atoms with Gasteiger partial charge in [0, 0.05) is 43.7 Å². The Labute approximate surface area is 265 Å². The maximum atomic E-state index is 13.7. The number of anilines is 1. The predicted octanol–water partition coefficient (Wildman–Crippen LogP) is 4.99. The first-order valence-electron chi connectivity index (χ1n) is 16.0. The van der Waals surface area contributed by atoms with Crippen LogP contribution < -0.4 is 19.7 Å². The van der Waals surface area contributed by atoms with Gasteiger partial charge >= 0.3 is 0 Å². The Morgan fingerprint density at radius 1 is 1.07 bits per heavy atom. The van der Waals surface area contributed by atoms with E-state index >= 15 is 0 Å². The Bertz CT molecular complexity index is 1570. The summed E-state index contributed by atoms with van der Waals surface area (Å²) in [5.74, 6) is 0.977. The lowest BCUT2D eigenvalue weighted by Gasteiger charge is -2.46. The summed E-state index contributed by atoms with van der Waals surface area (Å²) >= 11 is 6.42. The Morgan fingerprint density at radius 2 is 1.91 bits per heavy atom. The number of ether oxygens (including phenoxy) is 2. The second-order valence-electron chi connectivity index (χ2n) is 13.6. The van der Waals surface area contributed by atoms with Crippen LogP contribution in [0.4, 0.5) is 5.69 Å². The number of fused-ring (bicyclic) bond motifs is 4. The lowest BCUT2D eigenvalue weighted by atomic mass is 9.68. The third kappa shape index (κ3) is 5.33. The van der Waals surface area contributed by atoms with Crippen molar-refractivity contribution in [3.05, 3.63) is 64.7 Å². The summed E-state index contributed by atoms with van der Waals surface area (Å²) < 4.78 is 42.4. The van der Waals surface area contributed by atoms with Gasteiger partial charge in [0.2, 0.25) is 5.91 Å². The van der Waals surface area contributed by atoms with Crippen LogP contribution in [-0.4, -0.2) is 60.3 Å². The van der Waals surface area contributed by atoms with Crippen LogP contribution >= 0.6 is 11.6 Å². The summed E-state index contributed by atoms with van der Waals surface area (Å²) in [4.78, 5) is 15.9. The van der Waals surface area contributed by atoms with E-state index in [9.17, 15) is 13.2 Å². The SMILES string of the molecule is CO[C@H]1/C=C/CNCC2(CCC2)C(=O)NS(=O)(=O)c2ccc3c(c2)N(C[C@H]2CCC21)CC1(CCCc2cc(Cl)ccc21)CO3. The van der Waals surface area contributed by atoms with Crippen LogP contribution in [0, 0.1) is 17.3 Å². The normalized spacial score (nSPS) is 31.6. The van der Waals surface area contributed by atoms with Gasteiger partial charge in [0.05, 0.1) is 28.7 Å². The molecule has 1 amide bonds. The zero-order chi connectivity index (χ0) is 30.5. The highest BCUT2D eigenvalue weighted by atomic mass is 35.5. The van der Waals surface area contributed by atoms with Crippen LogP contribution in [0.25, 0.3) is 0 Å². The van der Waals surface area contributed by atoms with Crippen molar-refractivity contribution in [2.45, 2.75) is 67.8 Å². The molecule has 5 aliphatic rings. The highest BCUT2D eigenvalue weighted by Gasteiger charge is 2.47. The summed E-state index contributed by atoms with van der Waals surface area (Å²) in [6, 6.07) is 11.2. The van der Waals surface area contributed by atoms with E-state index in [2.05, 4.69) is 39.2 Å². The van der Waals surface area contributed by atoms with Gasteiger partial charge in [-0.25, -0.2) is 13.1 Å². The van der Waals surface area contributed by atoms with Gasteiger partial charge in [0.25, 0.3) is 10.0 Å². The van der Waals surface area contributed by atoms with Gasteiger partial charge in [-0.2, -0.15) is 0 Å². The molecule has 2 aliphatic heterocycles. The number of halogens is 1. The molecule has 8 nitrogen and oxygen atoms in total. The zero-order valence-electron chi connectivity index (χ0n) is 25.3. The Hall–Kier alpha value is -2.59. The van der Waals surface area contributed by atoms with Gasteiger partial charge in [-0.3, -0.25) is 4.79 Å². The molecule has 2 spiro atoms. The second-order valence-corrected chi connectivity index (χ2v) is 15.7. The predicted molar refractivity (Wildman–Crippen MR) is 171 cm³/mol. The molecule has 10 heteroatoms. The number of carbonyl (C=O) groups is 1. The number of carbonyl (C=O) groups excluding carboxylic acids is 1. The van der Waals surface area contributed by atoms with Crippen LogP contribution in [0.3, 0.4) is 0 Å². The molecule has 2 saturated carbocycles. The number of benzene rings is 2. The average Bonchev–Trinajstić information content (AvgIpc) is 3.11. The molecule has 0 saturated heterocycles. The van der Waals surface area contributed by atoms with Gasteiger partial charge in [-0.05, 0) is 98.2 Å². The van der Waals surface area contributed by atoms with E-state index in [4.69, 9.17) is 21.1 Å². The molecular formula is C34H42ClN3O5S. The van der Waals surface area contributed by atoms with Crippen LogP contribution in [0.5, 0.6) is 5.75 Å². The molecule has 7 rings (SSSR count). The molecule has 2 bridgehead atoms. The third-order valence-corrected chi connectivity index (χ3v) is 12.6. The van der Waals surface area contributed by atoms with E-state index in [1.165, 1.54) is 11.1 Å². The molecule has 0 radical (unpaired) electrons. The van der Waals surface area contributed by atoms with Crippen molar-refractivity contribution in [1.82, 2.24) is 10.0 Å². The van der Waals surface area contributed by atoms with E-state index in [0.717, 1.165) is 55.8 Å². The van der Waals surface area contributed by atoms with Gasteiger partial charge in [-0.1, -0.05) is 36.2 Å². The minimum absolute atomic E-state index is 0.00638. The molecule has 2 aromatic carbocycles. The summed E-state index contributed by atoms with van der Waals surface area (Å²) in [6.45, 7) is 2.99. The highest BCUT2D eigenvalue weighted by Crippen LogP contribution is 2.47. The number of nitrogens with zero attached hydrogens (tertiary/aromatic N) is 1. The zero-order valence-corrected chi connectivity index (χ0v) is 26.9. The monoisotopic (exact) mass is 639 g/mol. The molecule has 2 heterocycles. The van der Waals surface area contributed by atoms with Crippen molar-refractivity contribution in [3.8, 4) is 5.75 Å². The number of sulfonamides is 1. The summed E-state index contributed by atoms with van der Waals surface area (Å²) in [5, 5.41) is 4.12. The minimum Gasteiger partial charge on any atom is -0.490 e. The maximum Gasteiger partial charge on any atom is 0.264 e. The average molecular weight is 640 g/mol. The highest BCUT2D eigenvalue weighted by molar-refractivity contribution is 7.90. The quantitative estimate of drug-likeness (QED) is 0.425. The molecule has 2 N–H and O–H groups in total. The standard InChI is InChI=1S/C34H42ClN3O5S/c1-42-30-6-3-16-36-20-33(14-4-15-33)32(39)37-44(40,41)26-9-12-31-29(18-26)38(19-24-7-10-27(24)30)21-34(22-43-31)13-2-5-23-17-25(35)8-11-28(23)34/h3,6,8-9,11-12,17-18,24,27,30,36H,2,4-5,7,10,13-16,19-22H2,1H3,(H,37,39)/b6-3+/t24-,27?,30+,34?/m1/s1. The van der Waals surface area contributed by atoms with Gasteiger partial charge in [0.15, 0.2) is 0 Å². The first-order chi connectivity index (χ1) is 21.2. The van der Waals surface area contributed by atoms with Gasteiger partial charge < -0.3 is 19.7 Å². The number of aryl methyl sites for hydroxylation is 1. The number of nitrogens with one attached hydrogen (secondary N) is 2. The largest absolute Gasteiger partial charge is 0.490 e. The molecule has 236 valence electrons. The lowest BCUT2D eigenvalue weighted by Crippen LogP contribution is -2.52. The van der Waals surface area contributed by atoms with Crippen molar-refractivity contribution in [1.29, 1.82) is 0 Å². The van der Waals surface area contributed by atoms with Gasteiger partial charge in [0.1, 0.15) is 5.75 Å². The van der Waals surface area contributed by atoms with Crippen molar-refractivity contribution in [3.63, 3.8) is 0 Å². The minimum atomic E-state index is -4.09. The second kappa shape index (κ2) is 11.6. The van der Waals surface area contributed by atoms with Crippen molar-refractivity contribution in [2.75, 3.05) is 44.8 Å². The van der Waals surface area contributed by atoms with Crippen LogP contribution in [0.15, 0.2) is 53.4 Å². The smallest absolute Gasteiger partial charge is 0.264 e. The topological polar surface area (TPSA) is 97.0 Å². The van der Waals surface area contributed by atoms with Gasteiger partial charge in [-0.15, -0.1) is 0 Å². The molecule has 2 unspecified atom stereocenters. The van der Waals surface area contributed by atoms with Crippen molar-refractivity contribution < 1.29 is 22.7 Å². The third-order valence-electron chi connectivity index (χ3n) is 11.0. The Balaban J connectivity index is 1.30. The fourth-order valence-corrected chi connectivity index (χ4v) is 9.46. The van der Waals surface area contributed by atoms with Crippen molar-refractivity contribution >= 4 is 33.2 Å². The fraction of sp³-hybridized carbons (Fsp3) is 0.559. The molecule has 2 fully saturated rings. The number of rotatable bonds is 1. The van der Waals surface area contributed by atoms with E-state index in [1.54, 1.807) is 25.3 Å². The lowest BCUT2D eigenvalue weighted by molar-refractivity contribution is -0.133. The molecule has 44 heavy (non-hydrogen) atoms. The summed E-state index contributed by atoms with van der Waals surface area (Å²) in [7, 11) is -2.32. The number of amides is 1. The molecule has 3 aliphatic carbocycles.